The molecule has 0 aromatic carbocycles. The highest BCUT2D eigenvalue weighted by atomic mass is 32.1. The Bertz CT molecular complexity index is 539. The summed E-state index contributed by atoms with van der Waals surface area (Å²) in [5.41, 5.74) is 9.91. The Morgan fingerprint density at radius 2 is 2.10 bits per heavy atom. The molecule has 0 amide bonds. The van der Waals surface area contributed by atoms with E-state index in [1.807, 2.05) is 13.0 Å². The third kappa shape index (κ3) is 4.13. The van der Waals surface area contributed by atoms with Crippen molar-refractivity contribution in [1.82, 2.24) is 9.88 Å². The molecule has 2 atom stereocenters. The molecule has 114 valence electrons. The number of rotatable bonds is 7. The maximum absolute atomic E-state index is 6.41. The zero-order chi connectivity index (χ0) is 15.2. The topological polar surface area (TPSA) is 42.1 Å². The monoisotopic (exact) mass is 303 g/mol. The Kier molecular flexibility index (Phi) is 5.91. The first kappa shape index (κ1) is 16.1. The summed E-state index contributed by atoms with van der Waals surface area (Å²) in [5.74, 6) is 0. The van der Waals surface area contributed by atoms with E-state index in [0.717, 1.165) is 30.9 Å². The van der Waals surface area contributed by atoms with Gasteiger partial charge in [-0.3, -0.25) is 9.88 Å². The second kappa shape index (κ2) is 7.69. The van der Waals surface area contributed by atoms with Gasteiger partial charge in [0.1, 0.15) is 0 Å². The Balaban J connectivity index is 2.23. The highest BCUT2D eigenvalue weighted by molar-refractivity contribution is 7.07. The van der Waals surface area contributed by atoms with Crippen molar-refractivity contribution in [2.24, 2.45) is 5.73 Å². The van der Waals surface area contributed by atoms with Crippen LogP contribution in [-0.2, 0) is 6.54 Å². The first-order valence-electron chi connectivity index (χ1n) is 7.60. The number of thiophene rings is 1. The Morgan fingerprint density at radius 1 is 1.29 bits per heavy atom. The van der Waals surface area contributed by atoms with Crippen LogP contribution in [0.15, 0.2) is 35.0 Å². The largest absolute Gasteiger partial charge is 0.326 e. The molecule has 3 nitrogen and oxygen atoms in total. The van der Waals surface area contributed by atoms with Gasteiger partial charge in [0.05, 0.1) is 11.7 Å². The summed E-state index contributed by atoms with van der Waals surface area (Å²) in [6.45, 7) is 8.19. The molecule has 2 rings (SSSR count). The van der Waals surface area contributed by atoms with E-state index in [4.69, 9.17) is 5.73 Å². The van der Waals surface area contributed by atoms with Crippen LogP contribution >= 0.6 is 11.3 Å². The average molecular weight is 303 g/mol. The van der Waals surface area contributed by atoms with Crippen LogP contribution in [0.1, 0.15) is 43.3 Å². The summed E-state index contributed by atoms with van der Waals surface area (Å²) in [5, 5.41) is 4.34. The van der Waals surface area contributed by atoms with Crippen LogP contribution in [0.5, 0.6) is 0 Å². The van der Waals surface area contributed by atoms with Gasteiger partial charge >= 0.3 is 0 Å². The number of hydrogen-bond donors (Lipinski definition) is 1. The molecule has 0 aliphatic heterocycles. The molecule has 2 aromatic heterocycles. The molecule has 2 N–H and O–H groups in total. The van der Waals surface area contributed by atoms with Crippen LogP contribution in [0.3, 0.4) is 0 Å². The molecule has 0 fully saturated rings. The second-order valence-electron chi connectivity index (χ2n) is 5.41. The number of nitrogens with zero attached hydrogens (tertiary/aromatic N) is 2. The predicted molar refractivity (Wildman–Crippen MR) is 90.4 cm³/mol. The fraction of sp³-hybridized carbons (Fsp3) is 0.471. The van der Waals surface area contributed by atoms with E-state index < -0.39 is 0 Å². The minimum Gasteiger partial charge on any atom is -0.326 e. The quantitative estimate of drug-likeness (QED) is 0.847. The fourth-order valence-corrected chi connectivity index (χ4v) is 3.39. The van der Waals surface area contributed by atoms with Gasteiger partial charge in [-0.25, -0.2) is 0 Å². The molecular weight excluding hydrogens is 278 g/mol. The Hall–Kier alpha value is -1.23. The number of aryl methyl sites for hydroxylation is 1. The van der Waals surface area contributed by atoms with E-state index in [0.29, 0.717) is 0 Å². The van der Waals surface area contributed by atoms with E-state index in [1.54, 1.807) is 11.3 Å². The molecule has 0 aliphatic carbocycles. The van der Waals surface area contributed by atoms with Crippen molar-refractivity contribution in [3.63, 3.8) is 0 Å². The first-order valence-corrected chi connectivity index (χ1v) is 8.54. The highest BCUT2D eigenvalue weighted by Gasteiger charge is 2.25. The lowest BCUT2D eigenvalue weighted by Crippen LogP contribution is -2.40. The fourth-order valence-electron chi connectivity index (χ4n) is 2.70. The van der Waals surface area contributed by atoms with Crippen LogP contribution in [0, 0.1) is 6.92 Å². The summed E-state index contributed by atoms with van der Waals surface area (Å²) >= 11 is 1.73. The third-order valence-electron chi connectivity index (χ3n) is 3.87. The Labute approximate surface area is 131 Å². The van der Waals surface area contributed by atoms with Gasteiger partial charge in [0, 0.05) is 18.3 Å². The maximum atomic E-state index is 6.41. The van der Waals surface area contributed by atoms with Crippen LogP contribution in [0.25, 0.3) is 0 Å². The van der Waals surface area contributed by atoms with E-state index in [-0.39, 0.29) is 12.1 Å². The van der Waals surface area contributed by atoms with E-state index in [1.165, 1.54) is 5.56 Å². The lowest BCUT2D eigenvalue weighted by Gasteiger charge is -2.34. The van der Waals surface area contributed by atoms with Crippen molar-refractivity contribution in [3.8, 4) is 0 Å². The summed E-state index contributed by atoms with van der Waals surface area (Å²) < 4.78 is 0. The number of nitrogens with two attached hydrogens (primary N) is 1. The molecule has 0 spiro atoms. The molecule has 0 radical (unpaired) electrons. The second-order valence-corrected chi connectivity index (χ2v) is 6.19. The van der Waals surface area contributed by atoms with Gasteiger partial charge in [-0.05, 0) is 54.4 Å². The lowest BCUT2D eigenvalue weighted by atomic mass is 9.98. The van der Waals surface area contributed by atoms with E-state index in [2.05, 4.69) is 52.7 Å². The maximum Gasteiger partial charge on any atom is 0.0547 e. The highest BCUT2D eigenvalue weighted by Crippen LogP contribution is 2.28. The molecule has 21 heavy (non-hydrogen) atoms. The zero-order valence-electron chi connectivity index (χ0n) is 13.1. The standard InChI is InChI=1S/C17H25N3S/c1-4-16(18)17(14-9-10-21-12-14)20(5-2)11-15-8-6-7-13(3)19-15/h6-10,12,16-17H,4-5,11,18H2,1-3H3. The summed E-state index contributed by atoms with van der Waals surface area (Å²) in [6.07, 6.45) is 0.970. The van der Waals surface area contributed by atoms with Crippen molar-refractivity contribution in [3.05, 3.63) is 52.0 Å². The van der Waals surface area contributed by atoms with Crippen LogP contribution in [0.2, 0.25) is 0 Å². The molecule has 0 saturated heterocycles. The van der Waals surface area contributed by atoms with E-state index in [9.17, 15) is 0 Å². The zero-order valence-corrected chi connectivity index (χ0v) is 13.9. The van der Waals surface area contributed by atoms with Crippen molar-refractivity contribution in [1.29, 1.82) is 0 Å². The van der Waals surface area contributed by atoms with Crippen molar-refractivity contribution < 1.29 is 0 Å². The van der Waals surface area contributed by atoms with Crippen LogP contribution < -0.4 is 5.73 Å². The van der Waals surface area contributed by atoms with Gasteiger partial charge in [-0.2, -0.15) is 11.3 Å². The molecule has 2 heterocycles. The normalized spacial score (nSPS) is 14.3. The van der Waals surface area contributed by atoms with Gasteiger partial charge < -0.3 is 5.73 Å². The third-order valence-corrected chi connectivity index (χ3v) is 4.57. The Morgan fingerprint density at radius 3 is 2.67 bits per heavy atom. The van der Waals surface area contributed by atoms with Crippen molar-refractivity contribution in [2.75, 3.05) is 6.54 Å². The molecule has 0 saturated carbocycles. The molecule has 2 unspecified atom stereocenters. The SMILES string of the molecule is CCC(N)C(c1ccsc1)N(CC)Cc1cccc(C)n1. The molecule has 4 heteroatoms. The van der Waals surface area contributed by atoms with Crippen molar-refractivity contribution >= 4 is 11.3 Å². The lowest BCUT2D eigenvalue weighted by molar-refractivity contribution is 0.168. The predicted octanol–water partition coefficient (Wildman–Crippen LogP) is 3.75. The number of likely N-dealkylation sites (N-methyl/N-ethyl adjacent to an activating group) is 1. The van der Waals surface area contributed by atoms with E-state index >= 15 is 0 Å². The van der Waals surface area contributed by atoms with Gasteiger partial charge in [-0.1, -0.05) is 19.9 Å². The molecule has 0 bridgehead atoms. The van der Waals surface area contributed by atoms with Gasteiger partial charge in [-0.15, -0.1) is 0 Å². The minimum absolute atomic E-state index is 0.143. The first-order chi connectivity index (χ1) is 10.2. The summed E-state index contributed by atoms with van der Waals surface area (Å²) in [4.78, 5) is 7.06. The number of aromatic nitrogens is 1. The smallest absolute Gasteiger partial charge is 0.0547 e. The van der Waals surface area contributed by atoms with Crippen LogP contribution in [-0.4, -0.2) is 22.5 Å². The van der Waals surface area contributed by atoms with Crippen LogP contribution in [0.4, 0.5) is 0 Å². The number of pyridine rings is 1. The van der Waals surface area contributed by atoms with Gasteiger partial charge in [0.15, 0.2) is 0 Å². The summed E-state index contributed by atoms with van der Waals surface area (Å²) in [6, 6.07) is 8.80. The summed E-state index contributed by atoms with van der Waals surface area (Å²) in [7, 11) is 0. The van der Waals surface area contributed by atoms with Crippen molar-refractivity contribution in [2.45, 2.75) is 45.8 Å². The number of hydrogen-bond acceptors (Lipinski definition) is 4. The molecular formula is C17H25N3S. The molecule has 0 aliphatic rings. The van der Waals surface area contributed by atoms with Gasteiger partial charge in [0.25, 0.3) is 0 Å². The molecule has 2 aromatic rings. The minimum atomic E-state index is 0.143. The van der Waals surface area contributed by atoms with Gasteiger partial charge in [0.2, 0.25) is 0 Å². The average Bonchev–Trinajstić information content (AvgIpc) is 3.00.